The van der Waals surface area contributed by atoms with Crippen LogP contribution in [0.4, 0.5) is 5.82 Å². The second-order valence-electron chi connectivity index (χ2n) is 9.71. The SMILES string of the molecule is CCN1CCc2c(sc3nc(Cc4ccccc4)nc(N4CCN(C(=O)c5ccc(Cl)cc5)CC4)c23)C1. The molecule has 0 spiro atoms. The van der Waals surface area contributed by atoms with Gasteiger partial charge in [-0.05, 0) is 48.4 Å². The lowest BCUT2D eigenvalue weighted by Gasteiger charge is -2.36. The molecule has 2 aliphatic rings. The summed E-state index contributed by atoms with van der Waals surface area (Å²) in [5, 5.41) is 1.87. The Kier molecular flexibility index (Phi) is 6.84. The molecule has 8 heteroatoms. The van der Waals surface area contributed by atoms with Crippen LogP contribution in [0.2, 0.25) is 5.02 Å². The first-order valence-electron chi connectivity index (χ1n) is 13.0. The molecule has 2 aromatic carbocycles. The topological polar surface area (TPSA) is 52.6 Å². The Morgan fingerprint density at radius 1 is 0.973 bits per heavy atom. The molecule has 0 atom stereocenters. The third kappa shape index (κ3) is 4.96. The van der Waals surface area contributed by atoms with Gasteiger partial charge in [0.25, 0.3) is 5.91 Å². The third-order valence-corrected chi connectivity index (χ3v) is 8.78. The number of anilines is 1. The highest BCUT2D eigenvalue weighted by atomic mass is 35.5. The van der Waals surface area contributed by atoms with Crippen molar-refractivity contribution in [1.82, 2.24) is 19.8 Å². The second-order valence-corrected chi connectivity index (χ2v) is 11.2. The Morgan fingerprint density at radius 3 is 2.46 bits per heavy atom. The fraction of sp³-hybridized carbons (Fsp3) is 0.345. The number of carbonyl (C=O) groups excluding carboxylic acids is 1. The zero-order valence-corrected chi connectivity index (χ0v) is 22.6. The lowest BCUT2D eigenvalue weighted by molar-refractivity contribution is 0.0746. The summed E-state index contributed by atoms with van der Waals surface area (Å²) in [5.74, 6) is 1.96. The molecule has 6 rings (SSSR count). The molecule has 2 aliphatic heterocycles. The molecular weight excluding hydrogens is 502 g/mol. The second kappa shape index (κ2) is 10.4. The van der Waals surface area contributed by atoms with Crippen molar-refractivity contribution < 1.29 is 4.79 Å². The molecular formula is C29H30ClN5OS. The van der Waals surface area contributed by atoms with Gasteiger partial charge in [0.2, 0.25) is 0 Å². The maximum Gasteiger partial charge on any atom is 0.253 e. The van der Waals surface area contributed by atoms with Gasteiger partial charge in [-0.3, -0.25) is 9.69 Å². The van der Waals surface area contributed by atoms with Crippen LogP contribution in [0, 0.1) is 0 Å². The molecule has 6 nitrogen and oxygen atoms in total. The monoisotopic (exact) mass is 531 g/mol. The Labute approximate surface area is 226 Å². The van der Waals surface area contributed by atoms with E-state index in [9.17, 15) is 4.79 Å². The van der Waals surface area contributed by atoms with E-state index in [4.69, 9.17) is 21.6 Å². The van der Waals surface area contributed by atoms with Gasteiger partial charge in [0.1, 0.15) is 16.5 Å². The molecule has 0 unspecified atom stereocenters. The van der Waals surface area contributed by atoms with E-state index in [1.165, 1.54) is 21.4 Å². The number of rotatable bonds is 5. The number of fused-ring (bicyclic) bond motifs is 3. The normalized spacial score (nSPS) is 16.3. The van der Waals surface area contributed by atoms with Crippen molar-refractivity contribution in [2.75, 3.05) is 44.2 Å². The number of benzene rings is 2. The van der Waals surface area contributed by atoms with E-state index in [1.807, 2.05) is 22.3 Å². The molecule has 0 N–H and O–H groups in total. The number of thiophene rings is 1. The largest absolute Gasteiger partial charge is 0.352 e. The Hall–Kier alpha value is -3.00. The lowest BCUT2D eigenvalue weighted by atomic mass is 10.0. The van der Waals surface area contributed by atoms with Gasteiger partial charge in [0.05, 0.1) is 5.39 Å². The first-order valence-corrected chi connectivity index (χ1v) is 14.2. The molecule has 4 heterocycles. The number of piperazine rings is 1. The molecule has 4 aromatic rings. The number of aromatic nitrogens is 2. The van der Waals surface area contributed by atoms with E-state index < -0.39 is 0 Å². The van der Waals surface area contributed by atoms with Crippen LogP contribution in [0.1, 0.15) is 39.1 Å². The predicted molar refractivity (Wildman–Crippen MR) is 151 cm³/mol. The maximum absolute atomic E-state index is 13.1. The highest BCUT2D eigenvalue weighted by molar-refractivity contribution is 7.19. The summed E-state index contributed by atoms with van der Waals surface area (Å²) < 4.78 is 0. The van der Waals surface area contributed by atoms with Gasteiger partial charge in [0.15, 0.2) is 0 Å². The summed E-state index contributed by atoms with van der Waals surface area (Å²) in [6, 6.07) is 17.6. The minimum Gasteiger partial charge on any atom is -0.352 e. The van der Waals surface area contributed by atoms with Crippen LogP contribution in [-0.2, 0) is 19.4 Å². The van der Waals surface area contributed by atoms with Gasteiger partial charge < -0.3 is 9.80 Å². The van der Waals surface area contributed by atoms with E-state index in [0.717, 1.165) is 55.6 Å². The van der Waals surface area contributed by atoms with Gasteiger partial charge in [-0.2, -0.15) is 0 Å². The highest BCUT2D eigenvalue weighted by Crippen LogP contribution is 2.39. The van der Waals surface area contributed by atoms with Crippen molar-refractivity contribution in [3.63, 3.8) is 0 Å². The van der Waals surface area contributed by atoms with Crippen LogP contribution in [0.3, 0.4) is 0 Å². The molecule has 37 heavy (non-hydrogen) atoms. The van der Waals surface area contributed by atoms with Crippen LogP contribution < -0.4 is 4.90 Å². The summed E-state index contributed by atoms with van der Waals surface area (Å²) in [6.45, 7) is 8.19. The highest BCUT2D eigenvalue weighted by Gasteiger charge is 2.29. The minimum atomic E-state index is 0.0569. The molecule has 0 aliphatic carbocycles. The molecule has 190 valence electrons. The average Bonchev–Trinajstić information content (AvgIpc) is 3.31. The van der Waals surface area contributed by atoms with Gasteiger partial charge >= 0.3 is 0 Å². The van der Waals surface area contributed by atoms with Crippen LogP contribution in [0.5, 0.6) is 0 Å². The fourth-order valence-electron chi connectivity index (χ4n) is 5.32. The van der Waals surface area contributed by atoms with E-state index in [1.54, 1.807) is 24.3 Å². The molecule has 2 aromatic heterocycles. The first-order chi connectivity index (χ1) is 18.1. The minimum absolute atomic E-state index is 0.0569. The molecule has 1 saturated heterocycles. The molecule has 0 saturated carbocycles. The van der Waals surface area contributed by atoms with Crippen LogP contribution in [-0.4, -0.2) is 64.9 Å². The Bertz CT molecular complexity index is 1410. The fourth-order valence-corrected chi connectivity index (χ4v) is 6.73. The summed E-state index contributed by atoms with van der Waals surface area (Å²) in [4.78, 5) is 32.6. The smallest absolute Gasteiger partial charge is 0.253 e. The summed E-state index contributed by atoms with van der Waals surface area (Å²) >= 11 is 7.84. The van der Waals surface area contributed by atoms with Gasteiger partial charge in [-0.25, -0.2) is 9.97 Å². The zero-order valence-electron chi connectivity index (χ0n) is 21.0. The van der Waals surface area contributed by atoms with Crippen LogP contribution in [0.25, 0.3) is 10.2 Å². The summed E-state index contributed by atoms with van der Waals surface area (Å²) in [5.41, 5.74) is 3.31. The van der Waals surface area contributed by atoms with Gasteiger partial charge in [-0.15, -0.1) is 11.3 Å². The third-order valence-electron chi connectivity index (χ3n) is 7.42. The number of hydrogen-bond donors (Lipinski definition) is 0. The van der Waals surface area contributed by atoms with E-state index >= 15 is 0 Å². The van der Waals surface area contributed by atoms with Crippen LogP contribution >= 0.6 is 22.9 Å². The molecule has 0 bridgehead atoms. The lowest BCUT2D eigenvalue weighted by Crippen LogP contribution is -2.49. The molecule has 1 fully saturated rings. The number of hydrogen-bond acceptors (Lipinski definition) is 6. The molecule has 1 amide bonds. The molecule has 0 radical (unpaired) electrons. The van der Waals surface area contributed by atoms with Crippen molar-refractivity contribution in [3.8, 4) is 0 Å². The number of amides is 1. The Morgan fingerprint density at radius 2 is 1.73 bits per heavy atom. The van der Waals surface area contributed by atoms with Gasteiger partial charge in [0, 0.05) is 61.2 Å². The number of halogens is 1. The van der Waals surface area contributed by atoms with Crippen molar-refractivity contribution in [2.24, 2.45) is 0 Å². The summed E-state index contributed by atoms with van der Waals surface area (Å²) in [7, 11) is 0. The zero-order chi connectivity index (χ0) is 25.4. The maximum atomic E-state index is 13.1. The number of likely N-dealkylation sites (N-methyl/N-ethyl adjacent to an activating group) is 1. The van der Waals surface area contributed by atoms with E-state index in [2.05, 4.69) is 41.0 Å². The van der Waals surface area contributed by atoms with Crippen molar-refractivity contribution >= 4 is 44.9 Å². The quantitative estimate of drug-likeness (QED) is 0.351. The standard InChI is InChI=1S/C29H30ClN5OS/c1-2-33-13-12-23-24(19-33)37-28-26(23)27(31-25(32-28)18-20-6-4-3-5-7-20)34-14-16-35(17-15-34)29(36)21-8-10-22(30)11-9-21/h3-11H,2,12-19H2,1H3. The summed E-state index contributed by atoms with van der Waals surface area (Å²) in [6.07, 6.45) is 1.75. The predicted octanol–water partition coefficient (Wildman–Crippen LogP) is 5.28. The van der Waals surface area contributed by atoms with Crippen molar-refractivity contribution in [2.45, 2.75) is 26.3 Å². The van der Waals surface area contributed by atoms with Crippen molar-refractivity contribution in [3.05, 3.63) is 87.0 Å². The number of carbonyl (C=O) groups is 1. The van der Waals surface area contributed by atoms with Crippen LogP contribution in [0.15, 0.2) is 54.6 Å². The van der Waals surface area contributed by atoms with E-state index in [-0.39, 0.29) is 5.91 Å². The first kappa shape index (κ1) is 24.3. The van der Waals surface area contributed by atoms with Gasteiger partial charge in [-0.1, -0.05) is 48.9 Å². The van der Waals surface area contributed by atoms with Crippen molar-refractivity contribution in [1.29, 1.82) is 0 Å². The average molecular weight is 532 g/mol. The van der Waals surface area contributed by atoms with E-state index in [0.29, 0.717) is 30.1 Å². The number of nitrogens with zero attached hydrogens (tertiary/aromatic N) is 5. The Balaban J connectivity index is 1.31.